The third kappa shape index (κ3) is 1.29. The lowest BCUT2D eigenvalue weighted by molar-refractivity contribution is -0.139. The van der Waals surface area contributed by atoms with Crippen LogP contribution in [0.4, 0.5) is 10.1 Å². The number of carboxylic acid groups (broad SMARTS) is 1. The zero-order valence-electron chi connectivity index (χ0n) is 8.64. The second kappa shape index (κ2) is 3.20. The van der Waals surface area contributed by atoms with Gasteiger partial charge in [0.15, 0.2) is 0 Å². The van der Waals surface area contributed by atoms with Crippen LogP contribution in [0, 0.1) is 23.6 Å². The molecule has 1 heterocycles. The molecule has 0 amide bonds. The van der Waals surface area contributed by atoms with Crippen molar-refractivity contribution in [3.05, 3.63) is 30.1 Å². The molecule has 2 aliphatic rings. The summed E-state index contributed by atoms with van der Waals surface area (Å²) in [6, 6.07) is 6.65. The van der Waals surface area contributed by atoms with Crippen molar-refractivity contribution in [1.29, 1.82) is 0 Å². The number of halogens is 1. The molecule has 1 N–H and O–H groups in total. The van der Waals surface area contributed by atoms with Crippen molar-refractivity contribution < 1.29 is 14.3 Å². The van der Waals surface area contributed by atoms with E-state index in [0.717, 1.165) is 0 Å². The summed E-state index contributed by atoms with van der Waals surface area (Å²) >= 11 is 0. The SMILES string of the molecule is O=C(O)C1C2CN(c3ccccc3F)CC21. The lowest BCUT2D eigenvalue weighted by Gasteiger charge is -2.21. The quantitative estimate of drug-likeness (QED) is 0.824. The average Bonchev–Trinajstić information content (AvgIpc) is 2.76. The Labute approximate surface area is 92.5 Å². The molecule has 1 aromatic carbocycles. The molecule has 0 spiro atoms. The fraction of sp³-hybridized carbons (Fsp3) is 0.417. The molecule has 0 radical (unpaired) electrons. The summed E-state index contributed by atoms with van der Waals surface area (Å²) in [5, 5.41) is 8.88. The largest absolute Gasteiger partial charge is 0.481 e. The van der Waals surface area contributed by atoms with E-state index < -0.39 is 5.97 Å². The highest BCUT2D eigenvalue weighted by Crippen LogP contribution is 2.52. The predicted molar refractivity (Wildman–Crippen MR) is 56.7 cm³/mol. The van der Waals surface area contributed by atoms with Gasteiger partial charge in [-0.05, 0) is 24.0 Å². The maximum Gasteiger partial charge on any atom is 0.307 e. The van der Waals surface area contributed by atoms with E-state index in [1.807, 2.05) is 4.90 Å². The molecule has 1 aliphatic carbocycles. The average molecular weight is 221 g/mol. The lowest BCUT2D eigenvalue weighted by atomic mass is 10.2. The molecule has 84 valence electrons. The fourth-order valence-electron chi connectivity index (χ4n) is 2.80. The van der Waals surface area contributed by atoms with Crippen molar-refractivity contribution >= 4 is 11.7 Å². The third-order valence-electron chi connectivity index (χ3n) is 3.67. The summed E-state index contributed by atoms with van der Waals surface area (Å²) in [5.74, 6) is -0.684. The zero-order valence-corrected chi connectivity index (χ0v) is 8.64. The predicted octanol–water partition coefficient (Wildman–Crippen LogP) is 1.59. The topological polar surface area (TPSA) is 40.5 Å². The number of rotatable bonds is 2. The van der Waals surface area contributed by atoms with Crippen LogP contribution in [0.25, 0.3) is 0 Å². The first-order valence-corrected chi connectivity index (χ1v) is 5.41. The van der Waals surface area contributed by atoms with Gasteiger partial charge < -0.3 is 10.0 Å². The maximum absolute atomic E-state index is 13.5. The Morgan fingerprint density at radius 3 is 2.50 bits per heavy atom. The number of hydrogen-bond acceptors (Lipinski definition) is 2. The van der Waals surface area contributed by atoms with Crippen molar-refractivity contribution in [1.82, 2.24) is 0 Å². The standard InChI is InChI=1S/C12H12FNO2/c13-9-3-1-2-4-10(9)14-5-7-8(6-14)11(7)12(15)16/h1-4,7-8,11H,5-6H2,(H,15,16). The number of piperidine rings is 1. The highest BCUT2D eigenvalue weighted by Gasteiger charge is 2.59. The number of benzene rings is 1. The third-order valence-corrected chi connectivity index (χ3v) is 3.67. The second-order valence-corrected chi connectivity index (χ2v) is 4.55. The van der Waals surface area contributed by atoms with Gasteiger partial charge in [-0.25, -0.2) is 4.39 Å². The monoisotopic (exact) mass is 221 g/mol. The van der Waals surface area contributed by atoms with E-state index in [2.05, 4.69) is 0 Å². The molecule has 2 fully saturated rings. The summed E-state index contributed by atoms with van der Waals surface area (Å²) in [6.07, 6.45) is 0. The molecule has 1 saturated carbocycles. The first kappa shape index (κ1) is 9.63. The number of hydrogen-bond donors (Lipinski definition) is 1. The van der Waals surface area contributed by atoms with E-state index in [9.17, 15) is 9.18 Å². The van der Waals surface area contributed by atoms with E-state index in [1.165, 1.54) is 6.07 Å². The van der Waals surface area contributed by atoms with Crippen molar-refractivity contribution in [3.8, 4) is 0 Å². The maximum atomic E-state index is 13.5. The van der Waals surface area contributed by atoms with Crippen LogP contribution in [-0.4, -0.2) is 24.2 Å². The van der Waals surface area contributed by atoms with Crippen LogP contribution in [-0.2, 0) is 4.79 Å². The Balaban J connectivity index is 1.74. The number of para-hydroxylation sites is 1. The van der Waals surface area contributed by atoms with E-state index in [0.29, 0.717) is 18.8 Å². The highest BCUT2D eigenvalue weighted by atomic mass is 19.1. The first-order chi connectivity index (χ1) is 7.68. The van der Waals surface area contributed by atoms with Gasteiger partial charge in [0.1, 0.15) is 5.82 Å². The summed E-state index contributed by atoms with van der Waals surface area (Å²) in [7, 11) is 0. The number of aliphatic carboxylic acids is 1. The van der Waals surface area contributed by atoms with E-state index in [4.69, 9.17) is 5.11 Å². The smallest absolute Gasteiger partial charge is 0.307 e. The Morgan fingerprint density at radius 1 is 1.31 bits per heavy atom. The Hall–Kier alpha value is -1.58. The number of carboxylic acids is 1. The Morgan fingerprint density at radius 2 is 1.94 bits per heavy atom. The summed E-state index contributed by atoms with van der Waals surface area (Å²) in [5.41, 5.74) is 0.596. The molecule has 2 atom stereocenters. The molecule has 0 bridgehead atoms. The second-order valence-electron chi connectivity index (χ2n) is 4.55. The van der Waals surface area contributed by atoms with Crippen LogP contribution in [0.5, 0.6) is 0 Å². The van der Waals surface area contributed by atoms with Gasteiger partial charge in [0.25, 0.3) is 0 Å². The van der Waals surface area contributed by atoms with Crippen LogP contribution >= 0.6 is 0 Å². The van der Waals surface area contributed by atoms with Crippen molar-refractivity contribution in [2.45, 2.75) is 0 Å². The highest BCUT2D eigenvalue weighted by molar-refractivity contribution is 5.75. The molecule has 1 aromatic rings. The van der Waals surface area contributed by atoms with E-state index in [-0.39, 0.29) is 23.6 Å². The molecule has 1 aliphatic heterocycles. The Kier molecular flexibility index (Phi) is 1.93. The normalized spacial score (nSPS) is 31.3. The molecular weight excluding hydrogens is 209 g/mol. The van der Waals surface area contributed by atoms with Gasteiger partial charge in [0, 0.05) is 13.1 Å². The van der Waals surface area contributed by atoms with Crippen LogP contribution in [0.2, 0.25) is 0 Å². The van der Waals surface area contributed by atoms with Gasteiger partial charge in [-0.15, -0.1) is 0 Å². The molecule has 3 nitrogen and oxygen atoms in total. The minimum Gasteiger partial charge on any atom is -0.481 e. The van der Waals surface area contributed by atoms with Gasteiger partial charge in [0.05, 0.1) is 11.6 Å². The summed E-state index contributed by atoms with van der Waals surface area (Å²) < 4.78 is 13.5. The molecule has 4 heteroatoms. The Bertz CT molecular complexity index is 436. The van der Waals surface area contributed by atoms with Crippen LogP contribution < -0.4 is 4.90 Å². The lowest BCUT2D eigenvalue weighted by Crippen LogP contribution is -2.26. The molecule has 2 unspecified atom stereocenters. The van der Waals surface area contributed by atoms with Gasteiger partial charge in [-0.2, -0.15) is 0 Å². The van der Waals surface area contributed by atoms with Gasteiger partial charge in [0.2, 0.25) is 0 Å². The van der Waals surface area contributed by atoms with Crippen molar-refractivity contribution in [2.24, 2.45) is 17.8 Å². The molecule has 3 rings (SSSR count). The van der Waals surface area contributed by atoms with Crippen molar-refractivity contribution in [2.75, 3.05) is 18.0 Å². The molecule has 16 heavy (non-hydrogen) atoms. The molecule has 1 saturated heterocycles. The number of fused-ring (bicyclic) bond motifs is 1. The first-order valence-electron chi connectivity index (χ1n) is 5.41. The van der Waals surface area contributed by atoms with Gasteiger partial charge in [-0.3, -0.25) is 4.79 Å². The molecule has 0 aromatic heterocycles. The molecular formula is C12H12FNO2. The minimum absolute atomic E-state index is 0.192. The summed E-state index contributed by atoms with van der Waals surface area (Å²) in [6.45, 7) is 1.34. The van der Waals surface area contributed by atoms with E-state index in [1.54, 1.807) is 18.2 Å². The zero-order chi connectivity index (χ0) is 11.3. The minimum atomic E-state index is -0.705. The van der Waals surface area contributed by atoms with Crippen molar-refractivity contribution in [3.63, 3.8) is 0 Å². The van der Waals surface area contributed by atoms with Gasteiger partial charge in [-0.1, -0.05) is 12.1 Å². The number of carbonyl (C=O) groups is 1. The fourth-order valence-corrected chi connectivity index (χ4v) is 2.80. The van der Waals surface area contributed by atoms with Crippen LogP contribution in [0.1, 0.15) is 0 Å². The summed E-state index contributed by atoms with van der Waals surface area (Å²) in [4.78, 5) is 12.7. The number of nitrogens with zero attached hydrogens (tertiary/aromatic N) is 1. The van der Waals surface area contributed by atoms with Crippen LogP contribution in [0.15, 0.2) is 24.3 Å². The van der Waals surface area contributed by atoms with Crippen LogP contribution in [0.3, 0.4) is 0 Å². The van der Waals surface area contributed by atoms with Gasteiger partial charge >= 0.3 is 5.97 Å². The van der Waals surface area contributed by atoms with E-state index >= 15 is 0 Å². The number of anilines is 1.